The molecule has 0 saturated carbocycles. The van der Waals surface area contributed by atoms with Crippen LogP contribution in [0.2, 0.25) is 0 Å². The van der Waals surface area contributed by atoms with E-state index in [2.05, 4.69) is 26.8 Å². The summed E-state index contributed by atoms with van der Waals surface area (Å²) in [5.41, 5.74) is 1.06. The van der Waals surface area contributed by atoms with Crippen molar-refractivity contribution >= 4 is 11.5 Å². The highest BCUT2D eigenvalue weighted by atomic mass is 32.1. The van der Waals surface area contributed by atoms with E-state index in [1.54, 1.807) is 12.4 Å². The average molecular weight is 278 g/mol. The van der Waals surface area contributed by atoms with Gasteiger partial charge in [0, 0.05) is 6.20 Å². The van der Waals surface area contributed by atoms with Gasteiger partial charge in [0.25, 0.3) is 0 Å². The second-order valence-corrected chi connectivity index (χ2v) is 5.25. The van der Waals surface area contributed by atoms with Crippen molar-refractivity contribution in [3.63, 3.8) is 0 Å². The highest BCUT2D eigenvalue weighted by molar-refractivity contribution is 7.05. The normalized spacial score (nSPS) is 12.6. The quantitative estimate of drug-likeness (QED) is 0.879. The molecule has 1 atom stereocenters. The van der Waals surface area contributed by atoms with E-state index >= 15 is 0 Å². The van der Waals surface area contributed by atoms with Gasteiger partial charge in [-0.05, 0) is 43.6 Å². The summed E-state index contributed by atoms with van der Waals surface area (Å²) in [5.74, 6) is 0.785. The van der Waals surface area contributed by atoms with E-state index in [1.165, 1.54) is 11.5 Å². The van der Waals surface area contributed by atoms with E-state index in [0.717, 1.165) is 22.7 Å². The van der Waals surface area contributed by atoms with Gasteiger partial charge in [-0.15, -0.1) is 5.10 Å². The van der Waals surface area contributed by atoms with E-state index in [-0.39, 0.29) is 12.1 Å². The highest BCUT2D eigenvalue weighted by Gasteiger charge is 2.16. The molecular weight excluding hydrogens is 260 g/mol. The molecule has 0 aliphatic heterocycles. The lowest BCUT2D eigenvalue weighted by atomic mass is 10.1. The molecule has 0 saturated heterocycles. The summed E-state index contributed by atoms with van der Waals surface area (Å²) in [6, 6.07) is 2.08. The third-order valence-corrected chi connectivity index (χ3v) is 3.24. The molecule has 1 N–H and O–H groups in total. The van der Waals surface area contributed by atoms with Crippen LogP contribution in [0.15, 0.2) is 24.7 Å². The topological polar surface area (TPSA) is 59.9 Å². The first kappa shape index (κ1) is 13.9. The van der Waals surface area contributed by atoms with Gasteiger partial charge >= 0.3 is 0 Å². The SMILES string of the molecule is CCNC(c1cncc(OC(C)C)c1)c1cnns1. The maximum absolute atomic E-state index is 5.68. The molecule has 0 bridgehead atoms. The summed E-state index contributed by atoms with van der Waals surface area (Å²) in [5, 5.41) is 7.32. The lowest BCUT2D eigenvalue weighted by molar-refractivity contribution is 0.241. The molecule has 2 heterocycles. The second-order valence-electron chi connectivity index (χ2n) is 4.43. The van der Waals surface area contributed by atoms with Crippen molar-refractivity contribution in [2.24, 2.45) is 0 Å². The van der Waals surface area contributed by atoms with Gasteiger partial charge in [-0.3, -0.25) is 4.98 Å². The predicted octanol–water partition coefficient (Wildman–Crippen LogP) is 2.42. The van der Waals surface area contributed by atoms with E-state index < -0.39 is 0 Å². The standard InChI is InChI=1S/C13H18N4OS/c1-4-15-13(12-8-16-17-19-12)10-5-11(7-14-6-10)18-9(2)3/h5-9,13,15H,4H2,1-3H3. The predicted molar refractivity (Wildman–Crippen MR) is 75.4 cm³/mol. The molecule has 0 radical (unpaired) electrons. The van der Waals surface area contributed by atoms with Gasteiger partial charge < -0.3 is 10.1 Å². The van der Waals surface area contributed by atoms with Crippen molar-refractivity contribution in [2.45, 2.75) is 32.9 Å². The first-order valence-electron chi connectivity index (χ1n) is 6.33. The summed E-state index contributed by atoms with van der Waals surface area (Å²) < 4.78 is 9.60. The van der Waals surface area contributed by atoms with Gasteiger partial charge in [-0.2, -0.15) is 0 Å². The van der Waals surface area contributed by atoms with Crippen molar-refractivity contribution in [3.8, 4) is 5.75 Å². The number of nitrogens with one attached hydrogen (secondary N) is 1. The second kappa shape index (κ2) is 6.58. The molecule has 102 valence electrons. The molecule has 0 aromatic carbocycles. The minimum absolute atomic E-state index is 0.0632. The fourth-order valence-corrected chi connectivity index (χ4v) is 2.43. The van der Waals surface area contributed by atoms with Crippen LogP contribution in [0.25, 0.3) is 0 Å². The summed E-state index contributed by atoms with van der Waals surface area (Å²) in [6.45, 7) is 6.93. The Morgan fingerprint density at radius 3 is 2.79 bits per heavy atom. The first-order valence-corrected chi connectivity index (χ1v) is 7.10. The first-order chi connectivity index (χ1) is 9.20. The maximum Gasteiger partial charge on any atom is 0.138 e. The van der Waals surface area contributed by atoms with Crippen LogP contribution in [-0.2, 0) is 0 Å². The Bertz CT molecular complexity index is 501. The van der Waals surface area contributed by atoms with Crippen molar-refractivity contribution in [3.05, 3.63) is 35.1 Å². The molecule has 0 spiro atoms. The Morgan fingerprint density at radius 2 is 2.16 bits per heavy atom. The van der Waals surface area contributed by atoms with Gasteiger partial charge in [0.15, 0.2) is 0 Å². The molecule has 2 rings (SSSR count). The highest BCUT2D eigenvalue weighted by Crippen LogP contribution is 2.26. The summed E-state index contributed by atoms with van der Waals surface area (Å²) in [4.78, 5) is 5.32. The molecule has 6 heteroatoms. The zero-order valence-electron chi connectivity index (χ0n) is 11.3. The van der Waals surface area contributed by atoms with Crippen molar-refractivity contribution in [1.29, 1.82) is 0 Å². The maximum atomic E-state index is 5.68. The number of hydrogen-bond acceptors (Lipinski definition) is 6. The molecule has 2 aromatic rings. The summed E-state index contributed by atoms with van der Waals surface area (Å²) in [6.07, 6.45) is 5.51. The molecular formula is C13H18N4OS. The van der Waals surface area contributed by atoms with E-state index in [4.69, 9.17) is 4.74 Å². The van der Waals surface area contributed by atoms with Crippen LogP contribution in [-0.4, -0.2) is 27.2 Å². The molecule has 5 nitrogen and oxygen atoms in total. The van der Waals surface area contributed by atoms with Crippen molar-refractivity contribution < 1.29 is 4.74 Å². The Balaban J connectivity index is 2.26. The average Bonchev–Trinajstić information content (AvgIpc) is 2.89. The van der Waals surface area contributed by atoms with Gasteiger partial charge in [-0.25, -0.2) is 0 Å². The lowest BCUT2D eigenvalue weighted by Crippen LogP contribution is -2.21. The van der Waals surface area contributed by atoms with Crippen LogP contribution < -0.4 is 10.1 Å². The number of ether oxygens (including phenoxy) is 1. The fraction of sp³-hybridized carbons (Fsp3) is 0.462. The smallest absolute Gasteiger partial charge is 0.138 e. The zero-order valence-corrected chi connectivity index (χ0v) is 12.1. The number of rotatable bonds is 6. The molecule has 2 aromatic heterocycles. The summed E-state index contributed by atoms with van der Waals surface area (Å²) >= 11 is 1.39. The summed E-state index contributed by atoms with van der Waals surface area (Å²) in [7, 11) is 0. The minimum Gasteiger partial charge on any atom is -0.489 e. The van der Waals surface area contributed by atoms with Crippen LogP contribution in [0.3, 0.4) is 0 Å². The van der Waals surface area contributed by atoms with E-state index in [9.17, 15) is 0 Å². The van der Waals surface area contributed by atoms with Crippen molar-refractivity contribution in [2.75, 3.05) is 6.54 Å². The Labute approximate surface area is 117 Å². The Hall–Kier alpha value is -1.53. The van der Waals surface area contributed by atoms with Gasteiger partial charge in [0.2, 0.25) is 0 Å². The molecule has 1 unspecified atom stereocenters. The number of aromatic nitrogens is 3. The lowest BCUT2D eigenvalue weighted by Gasteiger charge is -2.17. The van der Waals surface area contributed by atoms with Crippen LogP contribution >= 0.6 is 11.5 Å². The zero-order chi connectivity index (χ0) is 13.7. The minimum atomic E-state index is 0.0632. The van der Waals surface area contributed by atoms with Crippen LogP contribution in [0.1, 0.15) is 37.3 Å². The van der Waals surface area contributed by atoms with Gasteiger partial charge in [0.05, 0.1) is 29.4 Å². The van der Waals surface area contributed by atoms with Crippen molar-refractivity contribution in [1.82, 2.24) is 19.9 Å². The molecule has 0 amide bonds. The van der Waals surface area contributed by atoms with Gasteiger partial charge in [0.1, 0.15) is 5.75 Å². The van der Waals surface area contributed by atoms with Crippen LogP contribution in [0.5, 0.6) is 5.75 Å². The molecule has 0 fully saturated rings. The van der Waals surface area contributed by atoms with Crippen LogP contribution in [0, 0.1) is 0 Å². The number of nitrogens with zero attached hydrogens (tertiary/aromatic N) is 3. The van der Waals surface area contributed by atoms with E-state index in [1.807, 2.05) is 26.1 Å². The van der Waals surface area contributed by atoms with E-state index in [0.29, 0.717) is 0 Å². The molecule has 0 aliphatic carbocycles. The fourth-order valence-electron chi connectivity index (χ4n) is 1.82. The largest absolute Gasteiger partial charge is 0.489 e. The Morgan fingerprint density at radius 1 is 1.32 bits per heavy atom. The molecule has 19 heavy (non-hydrogen) atoms. The monoisotopic (exact) mass is 278 g/mol. The Kier molecular flexibility index (Phi) is 4.81. The van der Waals surface area contributed by atoms with Gasteiger partial charge in [-0.1, -0.05) is 11.4 Å². The number of pyridine rings is 1. The third-order valence-electron chi connectivity index (χ3n) is 2.51. The third kappa shape index (κ3) is 3.71. The molecule has 0 aliphatic rings. The number of hydrogen-bond donors (Lipinski definition) is 1. The van der Waals surface area contributed by atoms with Crippen LogP contribution in [0.4, 0.5) is 0 Å².